The fourth-order valence-corrected chi connectivity index (χ4v) is 2.66. The molecule has 0 atom stereocenters. The zero-order valence-electron chi connectivity index (χ0n) is 14.3. The summed E-state index contributed by atoms with van der Waals surface area (Å²) < 4.78 is 10.1. The normalized spacial score (nSPS) is 15.1. The standard InChI is InChI=1S/C17H24N2O6/c1-24-7-8-25-12-16(22)18-3-2-4-19(6-5-18)17(23)13-9-14(20)11-15(21)10-13/h9-11,20-21H,2-8,12H2,1H3. The molecule has 2 N–H and O–H groups in total. The van der Waals surface area contributed by atoms with Gasteiger partial charge in [-0.1, -0.05) is 0 Å². The van der Waals surface area contributed by atoms with Gasteiger partial charge >= 0.3 is 0 Å². The number of rotatable bonds is 6. The van der Waals surface area contributed by atoms with Crippen molar-refractivity contribution in [2.24, 2.45) is 0 Å². The molecule has 25 heavy (non-hydrogen) atoms. The number of phenolic OH excluding ortho intramolecular Hbond substituents is 2. The number of benzene rings is 1. The molecule has 0 bridgehead atoms. The number of carbonyl (C=O) groups is 2. The van der Waals surface area contributed by atoms with Gasteiger partial charge < -0.3 is 29.5 Å². The Hall–Kier alpha value is -2.32. The number of amides is 2. The number of nitrogens with zero attached hydrogens (tertiary/aromatic N) is 2. The smallest absolute Gasteiger partial charge is 0.254 e. The monoisotopic (exact) mass is 352 g/mol. The third kappa shape index (κ3) is 5.61. The summed E-state index contributed by atoms with van der Waals surface area (Å²) in [6.45, 7) is 2.67. The summed E-state index contributed by atoms with van der Waals surface area (Å²) in [6, 6.07) is 3.81. The molecule has 1 heterocycles. The SMILES string of the molecule is COCCOCC(=O)N1CCCN(C(=O)c2cc(O)cc(O)c2)CC1. The van der Waals surface area contributed by atoms with Crippen LogP contribution in [0, 0.1) is 0 Å². The summed E-state index contributed by atoms with van der Waals surface area (Å²) in [5, 5.41) is 19.1. The third-order valence-corrected chi connectivity index (χ3v) is 3.94. The van der Waals surface area contributed by atoms with Gasteiger partial charge in [-0.2, -0.15) is 0 Å². The number of methoxy groups -OCH3 is 1. The Balaban J connectivity index is 1.90. The molecular formula is C17H24N2O6. The van der Waals surface area contributed by atoms with Crippen LogP contribution in [0.5, 0.6) is 11.5 Å². The molecule has 8 heteroatoms. The van der Waals surface area contributed by atoms with E-state index in [1.165, 1.54) is 18.2 Å². The fourth-order valence-electron chi connectivity index (χ4n) is 2.66. The number of phenols is 2. The second-order valence-electron chi connectivity index (χ2n) is 5.81. The van der Waals surface area contributed by atoms with Crippen molar-refractivity contribution in [3.8, 4) is 11.5 Å². The molecule has 2 rings (SSSR count). The van der Waals surface area contributed by atoms with Crippen LogP contribution >= 0.6 is 0 Å². The lowest BCUT2D eigenvalue weighted by Gasteiger charge is -2.22. The van der Waals surface area contributed by atoms with Crippen molar-refractivity contribution in [1.29, 1.82) is 0 Å². The van der Waals surface area contributed by atoms with Crippen molar-refractivity contribution in [2.75, 3.05) is 53.1 Å². The van der Waals surface area contributed by atoms with Crippen LogP contribution in [-0.2, 0) is 14.3 Å². The first-order chi connectivity index (χ1) is 12.0. The molecule has 1 aliphatic rings. The van der Waals surface area contributed by atoms with E-state index in [1.807, 2.05) is 0 Å². The van der Waals surface area contributed by atoms with E-state index < -0.39 is 0 Å². The molecule has 138 valence electrons. The molecule has 1 aromatic carbocycles. The third-order valence-electron chi connectivity index (χ3n) is 3.94. The average Bonchev–Trinajstić information content (AvgIpc) is 2.83. The maximum absolute atomic E-state index is 12.5. The highest BCUT2D eigenvalue weighted by Gasteiger charge is 2.23. The van der Waals surface area contributed by atoms with Gasteiger partial charge in [0.2, 0.25) is 5.91 Å². The van der Waals surface area contributed by atoms with Crippen LogP contribution in [0.4, 0.5) is 0 Å². The number of aromatic hydroxyl groups is 2. The first-order valence-electron chi connectivity index (χ1n) is 8.18. The molecule has 0 aromatic heterocycles. The van der Waals surface area contributed by atoms with Gasteiger partial charge in [-0.15, -0.1) is 0 Å². The van der Waals surface area contributed by atoms with Gasteiger partial charge in [0.15, 0.2) is 0 Å². The minimum atomic E-state index is -0.281. The van der Waals surface area contributed by atoms with Crippen LogP contribution in [0.25, 0.3) is 0 Å². The van der Waals surface area contributed by atoms with E-state index >= 15 is 0 Å². The van der Waals surface area contributed by atoms with E-state index in [-0.39, 0.29) is 35.5 Å². The Morgan fingerprint density at radius 2 is 1.64 bits per heavy atom. The van der Waals surface area contributed by atoms with Crippen molar-refractivity contribution in [1.82, 2.24) is 9.80 Å². The molecular weight excluding hydrogens is 328 g/mol. The molecule has 8 nitrogen and oxygen atoms in total. The number of carbonyl (C=O) groups excluding carboxylic acids is 2. The van der Waals surface area contributed by atoms with Gasteiger partial charge in [-0.25, -0.2) is 0 Å². The number of hydrogen-bond donors (Lipinski definition) is 2. The summed E-state index contributed by atoms with van der Waals surface area (Å²) >= 11 is 0. The average molecular weight is 352 g/mol. The van der Waals surface area contributed by atoms with Crippen molar-refractivity contribution in [3.63, 3.8) is 0 Å². The van der Waals surface area contributed by atoms with Crippen molar-refractivity contribution < 1.29 is 29.3 Å². The molecule has 0 aliphatic carbocycles. The zero-order valence-corrected chi connectivity index (χ0v) is 14.3. The number of ether oxygens (including phenoxy) is 2. The second-order valence-corrected chi connectivity index (χ2v) is 5.81. The minimum absolute atomic E-state index is 0.00225. The quantitative estimate of drug-likeness (QED) is 0.721. The first kappa shape index (κ1) is 19.0. The van der Waals surface area contributed by atoms with Crippen LogP contribution in [0.3, 0.4) is 0 Å². The van der Waals surface area contributed by atoms with E-state index in [2.05, 4.69) is 0 Å². The van der Waals surface area contributed by atoms with E-state index in [1.54, 1.807) is 16.9 Å². The highest BCUT2D eigenvalue weighted by Crippen LogP contribution is 2.22. The first-order valence-corrected chi connectivity index (χ1v) is 8.18. The van der Waals surface area contributed by atoms with Gasteiger partial charge in [0.25, 0.3) is 5.91 Å². The van der Waals surface area contributed by atoms with E-state index in [9.17, 15) is 19.8 Å². The van der Waals surface area contributed by atoms with Gasteiger partial charge in [0, 0.05) is 44.9 Å². The lowest BCUT2D eigenvalue weighted by atomic mass is 10.1. The van der Waals surface area contributed by atoms with Crippen molar-refractivity contribution in [3.05, 3.63) is 23.8 Å². The number of hydrogen-bond acceptors (Lipinski definition) is 6. The topological polar surface area (TPSA) is 99.5 Å². The summed E-state index contributed by atoms with van der Waals surface area (Å²) in [4.78, 5) is 28.0. The van der Waals surface area contributed by atoms with Crippen LogP contribution in [-0.4, -0.2) is 84.9 Å². The fraction of sp³-hybridized carbons (Fsp3) is 0.529. The highest BCUT2D eigenvalue weighted by molar-refractivity contribution is 5.95. The van der Waals surface area contributed by atoms with Gasteiger partial charge in [0.1, 0.15) is 18.1 Å². The Morgan fingerprint density at radius 3 is 2.32 bits per heavy atom. The van der Waals surface area contributed by atoms with Gasteiger partial charge in [0.05, 0.1) is 13.2 Å². The Morgan fingerprint density at radius 1 is 1.00 bits per heavy atom. The Bertz CT molecular complexity index is 587. The highest BCUT2D eigenvalue weighted by atomic mass is 16.5. The van der Waals surface area contributed by atoms with Crippen LogP contribution < -0.4 is 0 Å². The lowest BCUT2D eigenvalue weighted by Crippen LogP contribution is -2.39. The molecule has 2 amide bonds. The van der Waals surface area contributed by atoms with E-state index in [0.717, 1.165) is 0 Å². The van der Waals surface area contributed by atoms with Gasteiger partial charge in [-0.05, 0) is 18.6 Å². The van der Waals surface area contributed by atoms with E-state index in [4.69, 9.17) is 9.47 Å². The second kappa shape index (κ2) is 9.24. The molecule has 0 spiro atoms. The predicted molar refractivity (Wildman–Crippen MR) is 89.6 cm³/mol. The Kier molecular flexibility index (Phi) is 7.03. The maximum atomic E-state index is 12.5. The summed E-state index contributed by atoms with van der Waals surface area (Å²) in [7, 11) is 1.57. The molecule has 1 aliphatic heterocycles. The zero-order chi connectivity index (χ0) is 18.2. The molecule has 1 aromatic rings. The molecule has 0 saturated carbocycles. The molecule has 1 fully saturated rings. The van der Waals surface area contributed by atoms with Crippen LogP contribution in [0.1, 0.15) is 16.8 Å². The van der Waals surface area contributed by atoms with Crippen LogP contribution in [0.15, 0.2) is 18.2 Å². The summed E-state index contributed by atoms with van der Waals surface area (Å²) in [5.41, 5.74) is 0.222. The summed E-state index contributed by atoms with van der Waals surface area (Å²) in [5.74, 6) is -0.719. The lowest BCUT2D eigenvalue weighted by molar-refractivity contribution is -0.136. The predicted octanol–water partition coefficient (Wildman–Crippen LogP) is 0.435. The molecule has 1 saturated heterocycles. The van der Waals surface area contributed by atoms with Crippen LogP contribution in [0.2, 0.25) is 0 Å². The summed E-state index contributed by atoms with van der Waals surface area (Å²) in [6.07, 6.45) is 0.653. The minimum Gasteiger partial charge on any atom is -0.508 e. The van der Waals surface area contributed by atoms with Crippen molar-refractivity contribution in [2.45, 2.75) is 6.42 Å². The largest absolute Gasteiger partial charge is 0.508 e. The van der Waals surface area contributed by atoms with Gasteiger partial charge in [-0.3, -0.25) is 9.59 Å². The van der Waals surface area contributed by atoms with E-state index in [0.29, 0.717) is 45.8 Å². The Labute approximate surface area is 146 Å². The van der Waals surface area contributed by atoms with Crippen molar-refractivity contribution >= 4 is 11.8 Å². The maximum Gasteiger partial charge on any atom is 0.254 e. The molecule has 0 unspecified atom stereocenters. The molecule has 0 radical (unpaired) electrons.